The van der Waals surface area contributed by atoms with Crippen LogP contribution in [0.25, 0.3) is 0 Å². The Morgan fingerprint density at radius 1 is 1.03 bits per heavy atom. The zero-order valence-electron chi connectivity index (χ0n) is 20.6. The number of carbonyl (C=O) groups is 2. The average Bonchev–Trinajstić information content (AvgIpc) is 2.88. The van der Waals surface area contributed by atoms with E-state index in [-0.39, 0.29) is 11.9 Å². The third-order valence-electron chi connectivity index (χ3n) is 7.71. The molecule has 186 valence electrons. The normalized spacial score (nSPS) is 20.4. The van der Waals surface area contributed by atoms with Gasteiger partial charge in [0.2, 0.25) is 0 Å². The van der Waals surface area contributed by atoms with Crippen LogP contribution in [-0.2, 0) is 11.2 Å². The van der Waals surface area contributed by atoms with Crippen molar-refractivity contribution in [3.63, 3.8) is 0 Å². The summed E-state index contributed by atoms with van der Waals surface area (Å²) in [6, 6.07) is 12.0. The van der Waals surface area contributed by atoms with Crippen LogP contribution in [0.2, 0.25) is 5.02 Å². The highest BCUT2D eigenvalue weighted by molar-refractivity contribution is 6.30. The van der Waals surface area contributed by atoms with Gasteiger partial charge in [-0.15, -0.1) is 0 Å². The number of anilines is 2. The van der Waals surface area contributed by atoms with Crippen LogP contribution >= 0.6 is 11.6 Å². The van der Waals surface area contributed by atoms with E-state index in [2.05, 4.69) is 39.1 Å². The minimum atomic E-state index is -0.0535. The van der Waals surface area contributed by atoms with Crippen molar-refractivity contribution < 1.29 is 9.59 Å². The van der Waals surface area contributed by atoms with E-state index < -0.39 is 0 Å². The monoisotopic (exact) mass is 494 g/mol. The molecule has 0 aromatic heterocycles. The first-order valence-electron chi connectivity index (χ1n) is 12.9. The first kappa shape index (κ1) is 24.1. The van der Waals surface area contributed by atoms with E-state index >= 15 is 0 Å². The van der Waals surface area contributed by atoms with Crippen LogP contribution in [0.15, 0.2) is 36.4 Å². The number of nitrogens with zero attached hydrogens (tertiary/aromatic N) is 3. The molecule has 0 spiro atoms. The predicted octanol–water partition coefficient (Wildman–Crippen LogP) is 4.07. The maximum atomic E-state index is 12.8. The molecule has 3 aliphatic heterocycles. The number of aryl methyl sites for hydroxylation is 1. The minimum absolute atomic E-state index is 0.0345. The van der Waals surface area contributed by atoms with Crippen molar-refractivity contribution in [2.75, 3.05) is 55.6 Å². The molecule has 2 aromatic rings. The van der Waals surface area contributed by atoms with Crippen molar-refractivity contribution in [3.8, 4) is 0 Å². The molecule has 0 aliphatic carbocycles. The zero-order chi connectivity index (χ0) is 24.4. The third kappa shape index (κ3) is 5.34. The lowest BCUT2D eigenvalue weighted by molar-refractivity contribution is -0.120. The van der Waals surface area contributed by atoms with Gasteiger partial charge in [0.25, 0.3) is 5.91 Å². The second kappa shape index (κ2) is 10.6. The number of hydrogen-bond acceptors (Lipinski definition) is 5. The Morgan fingerprint density at radius 3 is 2.69 bits per heavy atom. The molecule has 3 heterocycles. The van der Waals surface area contributed by atoms with Gasteiger partial charge in [0, 0.05) is 67.7 Å². The van der Waals surface area contributed by atoms with Gasteiger partial charge in [0.1, 0.15) is 0 Å². The summed E-state index contributed by atoms with van der Waals surface area (Å²) in [4.78, 5) is 32.5. The molecule has 0 saturated carbocycles. The first-order chi connectivity index (χ1) is 17.0. The molecular weight excluding hydrogens is 460 g/mol. The van der Waals surface area contributed by atoms with Gasteiger partial charge in [-0.25, -0.2) is 0 Å². The molecule has 35 heavy (non-hydrogen) atoms. The molecule has 3 aliphatic rings. The van der Waals surface area contributed by atoms with Crippen molar-refractivity contribution in [1.82, 2.24) is 10.2 Å². The van der Waals surface area contributed by atoms with E-state index in [1.165, 1.54) is 11.3 Å². The van der Waals surface area contributed by atoms with Gasteiger partial charge in [-0.1, -0.05) is 17.7 Å². The van der Waals surface area contributed by atoms with Crippen LogP contribution in [0.1, 0.15) is 47.2 Å². The third-order valence-corrected chi connectivity index (χ3v) is 7.95. The molecule has 1 amide bonds. The Hall–Kier alpha value is -2.57. The smallest absolute Gasteiger partial charge is 0.251 e. The molecule has 1 N–H and O–H groups in total. The number of carbonyl (C=O) groups excluding carboxylic acids is 2. The number of halogens is 1. The quantitative estimate of drug-likeness (QED) is 0.613. The molecule has 0 bridgehead atoms. The highest BCUT2D eigenvalue weighted by atomic mass is 35.5. The summed E-state index contributed by atoms with van der Waals surface area (Å²) in [6.07, 6.45) is 4.57. The maximum absolute atomic E-state index is 12.8. The SMILES string of the molecule is Cc1ccc(Cl)cc1N1CCN(CCCNC(=O)c2ccc3c(c2)CC(=O)C2CCCCN32)CC1. The molecule has 5 rings (SSSR count). The standard InChI is InChI=1S/C28H35ClN4O2/c1-20-6-8-23(29)19-26(20)32-15-13-31(14-16-32)11-4-10-30-28(35)21-7-9-24-22(17-21)18-27(34)25-5-2-3-12-33(24)25/h6-9,17,19,25H,2-5,10-16,18H2,1H3,(H,30,35). The van der Waals surface area contributed by atoms with E-state index in [0.29, 0.717) is 24.3 Å². The Kier molecular flexibility index (Phi) is 7.30. The summed E-state index contributed by atoms with van der Waals surface area (Å²) >= 11 is 6.20. The van der Waals surface area contributed by atoms with Gasteiger partial charge in [0.05, 0.1) is 6.04 Å². The second-order valence-electron chi connectivity index (χ2n) is 10.1. The van der Waals surface area contributed by atoms with Crippen molar-refractivity contribution in [2.24, 2.45) is 0 Å². The van der Waals surface area contributed by atoms with E-state index in [1.54, 1.807) is 0 Å². The van der Waals surface area contributed by atoms with Gasteiger partial charge in [-0.3, -0.25) is 14.5 Å². The number of amides is 1. The van der Waals surface area contributed by atoms with Crippen molar-refractivity contribution in [2.45, 2.75) is 45.1 Å². The molecule has 2 fully saturated rings. The van der Waals surface area contributed by atoms with Crippen LogP contribution in [0.5, 0.6) is 0 Å². The van der Waals surface area contributed by atoms with E-state index in [9.17, 15) is 9.59 Å². The number of Topliss-reactive ketones (excluding diaryl/α,β-unsaturated/α-hetero) is 1. The van der Waals surface area contributed by atoms with Gasteiger partial charge in [0.15, 0.2) is 5.78 Å². The largest absolute Gasteiger partial charge is 0.369 e. The average molecular weight is 495 g/mol. The number of rotatable bonds is 6. The van der Waals surface area contributed by atoms with Crippen molar-refractivity contribution in [1.29, 1.82) is 0 Å². The number of piperazine rings is 1. The molecule has 7 heteroatoms. The highest BCUT2D eigenvalue weighted by Crippen LogP contribution is 2.34. The number of hydrogen-bond donors (Lipinski definition) is 1. The molecule has 2 aromatic carbocycles. The zero-order valence-corrected chi connectivity index (χ0v) is 21.3. The minimum Gasteiger partial charge on any atom is -0.369 e. The lowest BCUT2D eigenvalue weighted by Gasteiger charge is -2.41. The number of ketones is 1. The Morgan fingerprint density at radius 2 is 1.86 bits per heavy atom. The summed E-state index contributed by atoms with van der Waals surface area (Å²) < 4.78 is 0. The Bertz CT molecular complexity index is 1100. The lowest BCUT2D eigenvalue weighted by Crippen LogP contribution is -2.48. The van der Waals surface area contributed by atoms with Crippen molar-refractivity contribution in [3.05, 3.63) is 58.1 Å². The van der Waals surface area contributed by atoms with Gasteiger partial charge >= 0.3 is 0 Å². The highest BCUT2D eigenvalue weighted by Gasteiger charge is 2.34. The van der Waals surface area contributed by atoms with E-state index in [0.717, 1.165) is 81.2 Å². The van der Waals surface area contributed by atoms with Crippen LogP contribution in [-0.4, -0.2) is 68.4 Å². The van der Waals surface area contributed by atoms with Crippen LogP contribution < -0.4 is 15.1 Å². The molecule has 0 radical (unpaired) electrons. The van der Waals surface area contributed by atoms with Gasteiger partial charge < -0.3 is 15.1 Å². The fourth-order valence-electron chi connectivity index (χ4n) is 5.75. The van der Waals surface area contributed by atoms with E-state index in [4.69, 9.17) is 11.6 Å². The van der Waals surface area contributed by atoms with Crippen LogP contribution in [0.3, 0.4) is 0 Å². The fourth-order valence-corrected chi connectivity index (χ4v) is 5.92. The summed E-state index contributed by atoms with van der Waals surface area (Å²) in [5.74, 6) is 0.239. The predicted molar refractivity (Wildman–Crippen MR) is 142 cm³/mol. The molecular formula is C28H35ClN4O2. The van der Waals surface area contributed by atoms with E-state index in [1.807, 2.05) is 24.3 Å². The topological polar surface area (TPSA) is 55.9 Å². The maximum Gasteiger partial charge on any atom is 0.251 e. The second-order valence-corrected chi connectivity index (χ2v) is 10.5. The number of nitrogens with one attached hydrogen (secondary N) is 1. The molecule has 1 atom stereocenters. The summed E-state index contributed by atoms with van der Waals surface area (Å²) in [7, 11) is 0. The number of benzene rings is 2. The Balaban J connectivity index is 1.08. The summed E-state index contributed by atoms with van der Waals surface area (Å²) in [6.45, 7) is 8.67. The molecule has 2 saturated heterocycles. The van der Waals surface area contributed by atoms with Crippen LogP contribution in [0, 0.1) is 6.92 Å². The first-order valence-corrected chi connectivity index (χ1v) is 13.3. The molecule has 1 unspecified atom stereocenters. The number of fused-ring (bicyclic) bond motifs is 3. The summed E-state index contributed by atoms with van der Waals surface area (Å²) in [5, 5.41) is 3.85. The van der Waals surface area contributed by atoms with Crippen LogP contribution in [0.4, 0.5) is 11.4 Å². The van der Waals surface area contributed by atoms with Crippen molar-refractivity contribution >= 4 is 34.7 Å². The fraction of sp³-hybridized carbons (Fsp3) is 0.500. The Labute approximate surface area is 213 Å². The number of piperidine rings is 1. The summed E-state index contributed by atoms with van der Waals surface area (Å²) in [5.41, 5.74) is 5.27. The van der Waals surface area contributed by atoms with Gasteiger partial charge in [-0.2, -0.15) is 0 Å². The lowest BCUT2D eigenvalue weighted by atomic mass is 9.88. The van der Waals surface area contributed by atoms with Gasteiger partial charge in [-0.05, 0) is 80.6 Å². The molecule has 6 nitrogen and oxygen atoms in total.